The fourth-order valence-corrected chi connectivity index (χ4v) is 2.38. The molecule has 0 fully saturated rings. The van der Waals surface area contributed by atoms with Gasteiger partial charge in [-0.2, -0.15) is 0 Å². The third-order valence-electron chi connectivity index (χ3n) is 3.67. The molecular formula is C18H19FN6O. The lowest BCUT2D eigenvalue weighted by Gasteiger charge is -2.11. The molecule has 0 atom stereocenters. The molecule has 0 bridgehead atoms. The molecule has 0 unspecified atom stereocenters. The minimum Gasteiger partial charge on any atom is -0.368 e. The highest BCUT2D eigenvalue weighted by molar-refractivity contribution is 6.07. The van der Waals surface area contributed by atoms with E-state index >= 15 is 0 Å². The van der Waals surface area contributed by atoms with E-state index in [4.69, 9.17) is 0 Å². The molecule has 7 nitrogen and oxygen atoms in total. The maximum absolute atomic E-state index is 13.8. The van der Waals surface area contributed by atoms with Gasteiger partial charge < -0.3 is 15.5 Å². The van der Waals surface area contributed by atoms with Gasteiger partial charge in [0.2, 0.25) is 0 Å². The molecule has 26 heavy (non-hydrogen) atoms. The Morgan fingerprint density at radius 3 is 2.77 bits per heavy atom. The molecule has 2 heterocycles. The summed E-state index contributed by atoms with van der Waals surface area (Å²) in [6.07, 6.45) is 4.46. The number of fused-ring (bicyclic) bond motifs is 1. The summed E-state index contributed by atoms with van der Waals surface area (Å²) in [6.45, 7) is 1.57. The van der Waals surface area contributed by atoms with E-state index in [2.05, 4.69) is 25.6 Å². The molecule has 3 aromatic rings. The van der Waals surface area contributed by atoms with E-state index in [1.807, 2.05) is 19.0 Å². The Morgan fingerprint density at radius 2 is 2.04 bits per heavy atom. The van der Waals surface area contributed by atoms with Gasteiger partial charge in [-0.25, -0.2) is 14.4 Å². The molecule has 3 rings (SSSR count). The number of halogens is 1. The lowest BCUT2D eigenvalue weighted by atomic mass is 10.2. The third-order valence-corrected chi connectivity index (χ3v) is 3.67. The van der Waals surface area contributed by atoms with Crippen molar-refractivity contribution in [2.75, 3.05) is 37.8 Å². The number of anilines is 2. The van der Waals surface area contributed by atoms with Gasteiger partial charge in [0, 0.05) is 24.7 Å². The summed E-state index contributed by atoms with van der Waals surface area (Å²) in [5.41, 5.74) is 0.939. The Morgan fingerprint density at radius 1 is 1.19 bits per heavy atom. The van der Waals surface area contributed by atoms with Gasteiger partial charge >= 0.3 is 0 Å². The number of hydrogen-bond donors (Lipinski definition) is 2. The van der Waals surface area contributed by atoms with Crippen LogP contribution in [0.1, 0.15) is 10.5 Å². The molecule has 0 saturated heterocycles. The zero-order valence-electron chi connectivity index (χ0n) is 14.5. The van der Waals surface area contributed by atoms with Crippen molar-refractivity contribution in [3.8, 4) is 0 Å². The molecule has 0 aliphatic rings. The molecule has 0 aliphatic heterocycles. The molecule has 8 heteroatoms. The van der Waals surface area contributed by atoms with Gasteiger partial charge in [-0.1, -0.05) is 6.07 Å². The van der Waals surface area contributed by atoms with Crippen LogP contribution in [-0.4, -0.2) is 52.9 Å². The molecular weight excluding hydrogens is 335 g/mol. The summed E-state index contributed by atoms with van der Waals surface area (Å²) in [7, 11) is 3.96. The number of nitrogens with one attached hydrogen (secondary N) is 2. The zero-order valence-corrected chi connectivity index (χ0v) is 14.5. The fourth-order valence-electron chi connectivity index (χ4n) is 2.38. The Bertz CT molecular complexity index is 913. The van der Waals surface area contributed by atoms with Crippen molar-refractivity contribution in [2.24, 2.45) is 0 Å². The first-order valence-corrected chi connectivity index (χ1v) is 8.09. The van der Waals surface area contributed by atoms with Crippen LogP contribution in [0.2, 0.25) is 0 Å². The van der Waals surface area contributed by atoms with Crippen LogP contribution >= 0.6 is 0 Å². The summed E-state index contributed by atoms with van der Waals surface area (Å²) < 4.78 is 13.8. The number of nitrogens with zero attached hydrogens (tertiary/aromatic N) is 4. The van der Waals surface area contributed by atoms with E-state index in [1.165, 1.54) is 24.5 Å². The van der Waals surface area contributed by atoms with Gasteiger partial charge in [-0.3, -0.25) is 9.78 Å². The van der Waals surface area contributed by atoms with E-state index in [1.54, 1.807) is 18.3 Å². The Kier molecular flexibility index (Phi) is 5.33. The van der Waals surface area contributed by atoms with Gasteiger partial charge in [0.1, 0.15) is 17.3 Å². The van der Waals surface area contributed by atoms with Crippen molar-refractivity contribution in [3.05, 3.63) is 54.4 Å². The van der Waals surface area contributed by atoms with Crippen molar-refractivity contribution in [1.82, 2.24) is 19.9 Å². The second-order valence-electron chi connectivity index (χ2n) is 6.00. The molecule has 0 saturated carbocycles. The number of benzene rings is 1. The average molecular weight is 354 g/mol. The van der Waals surface area contributed by atoms with Crippen LogP contribution in [0.5, 0.6) is 0 Å². The van der Waals surface area contributed by atoms with Crippen LogP contribution < -0.4 is 10.6 Å². The van der Waals surface area contributed by atoms with E-state index in [0.717, 1.165) is 6.54 Å². The van der Waals surface area contributed by atoms with Crippen LogP contribution in [0.4, 0.5) is 15.9 Å². The monoisotopic (exact) mass is 354 g/mol. The third kappa shape index (κ3) is 4.28. The number of amides is 1. The Balaban J connectivity index is 1.72. The first-order chi connectivity index (χ1) is 12.5. The fraction of sp³-hybridized carbons (Fsp3) is 0.222. The molecule has 1 aromatic carbocycles. The summed E-state index contributed by atoms with van der Waals surface area (Å²) >= 11 is 0. The molecule has 134 valence electrons. The van der Waals surface area contributed by atoms with Gasteiger partial charge in [0.05, 0.1) is 23.6 Å². The van der Waals surface area contributed by atoms with Crippen molar-refractivity contribution in [1.29, 1.82) is 0 Å². The second kappa shape index (κ2) is 7.83. The summed E-state index contributed by atoms with van der Waals surface area (Å²) in [5, 5.41) is 6.37. The average Bonchev–Trinajstić information content (AvgIpc) is 2.62. The van der Waals surface area contributed by atoms with E-state index in [0.29, 0.717) is 29.0 Å². The predicted molar refractivity (Wildman–Crippen MR) is 98.7 cm³/mol. The standard InChI is InChI=1S/C18H19FN6O/c1-25(2)7-6-20-16-11-22-15(10-23-16)18(26)24-14-9-13(19)8-12-4-3-5-21-17(12)14/h3-5,8-11H,6-7H2,1-2H3,(H,20,23)(H,24,26). The van der Waals surface area contributed by atoms with Gasteiger partial charge in [0.15, 0.2) is 0 Å². The first kappa shape index (κ1) is 17.7. The van der Waals surface area contributed by atoms with Crippen molar-refractivity contribution in [3.63, 3.8) is 0 Å². The van der Waals surface area contributed by atoms with Gasteiger partial charge in [-0.05, 0) is 32.3 Å². The smallest absolute Gasteiger partial charge is 0.275 e. The number of pyridine rings is 1. The first-order valence-electron chi connectivity index (χ1n) is 8.09. The van der Waals surface area contributed by atoms with E-state index in [-0.39, 0.29) is 5.69 Å². The molecule has 2 N–H and O–H groups in total. The maximum atomic E-state index is 13.8. The molecule has 2 aromatic heterocycles. The molecule has 1 amide bonds. The van der Waals surface area contributed by atoms with Crippen LogP contribution in [0, 0.1) is 5.82 Å². The number of rotatable bonds is 6. The largest absolute Gasteiger partial charge is 0.368 e. The van der Waals surface area contributed by atoms with Crippen LogP contribution in [0.15, 0.2) is 42.9 Å². The highest BCUT2D eigenvalue weighted by Crippen LogP contribution is 2.23. The molecule has 0 spiro atoms. The normalized spacial score (nSPS) is 10.9. The second-order valence-corrected chi connectivity index (χ2v) is 6.00. The van der Waals surface area contributed by atoms with Crippen molar-refractivity contribution >= 4 is 28.3 Å². The number of carbonyl (C=O) groups excluding carboxylic acids is 1. The Labute approximate surface area is 150 Å². The molecule has 0 aliphatic carbocycles. The minimum absolute atomic E-state index is 0.136. The van der Waals surface area contributed by atoms with Crippen LogP contribution in [-0.2, 0) is 0 Å². The number of hydrogen-bond acceptors (Lipinski definition) is 6. The number of likely N-dealkylation sites (N-methyl/N-ethyl adjacent to an activating group) is 1. The van der Waals surface area contributed by atoms with E-state index in [9.17, 15) is 9.18 Å². The highest BCUT2D eigenvalue weighted by atomic mass is 19.1. The predicted octanol–water partition coefficient (Wildman–Crippen LogP) is 2.39. The quantitative estimate of drug-likeness (QED) is 0.707. The lowest BCUT2D eigenvalue weighted by molar-refractivity contribution is 0.102. The summed E-state index contributed by atoms with van der Waals surface area (Å²) in [6, 6.07) is 6.04. The summed E-state index contributed by atoms with van der Waals surface area (Å²) in [5.74, 6) is -0.344. The van der Waals surface area contributed by atoms with Crippen LogP contribution in [0.3, 0.4) is 0 Å². The van der Waals surface area contributed by atoms with E-state index < -0.39 is 11.7 Å². The highest BCUT2D eigenvalue weighted by Gasteiger charge is 2.12. The van der Waals surface area contributed by atoms with Crippen LogP contribution in [0.25, 0.3) is 10.9 Å². The van der Waals surface area contributed by atoms with Gasteiger partial charge in [0.25, 0.3) is 5.91 Å². The van der Waals surface area contributed by atoms with Gasteiger partial charge in [-0.15, -0.1) is 0 Å². The van der Waals surface area contributed by atoms with Crippen molar-refractivity contribution < 1.29 is 9.18 Å². The zero-order chi connectivity index (χ0) is 18.5. The summed E-state index contributed by atoms with van der Waals surface area (Å²) in [4.78, 5) is 26.9. The topological polar surface area (TPSA) is 83.0 Å². The SMILES string of the molecule is CN(C)CCNc1cnc(C(=O)Nc2cc(F)cc3cccnc23)cn1. The molecule has 0 radical (unpaired) electrons. The minimum atomic E-state index is -0.477. The lowest BCUT2D eigenvalue weighted by Crippen LogP contribution is -2.21. The van der Waals surface area contributed by atoms with Crippen molar-refractivity contribution in [2.45, 2.75) is 0 Å². The number of aromatic nitrogens is 3. The number of carbonyl (C=O) groups is 1. The Hall–Kier alpha value is -3.13. The maximum Gasteiger partial charge on any atom is 0.275 e.